The third kappa shape index (κ3) is 3.74. The van der Waals surface area contributed by atoms with Crippen LogP contribution in [0.1, 0.15) is 92.6 Å². The van der Waals surface area contributed by atoms with Gasteiger partial charge in [0.1, 0.15) is 11.4 Å². The van der Waals surface area contributed by atoms with E-state index in [2.05, 4.69) is 0 Å². The number of likely N-dealkylation sites (tertiary alicyclic amines) is 1. The molecule has 0 N–H and O–H groups in total. The van der Waals surface area contributed by atoms with Gasteiger partial charge in [-0.1, -0.05) is 0 Å². The van der Waals surface area contributed by atoms with Gasteiger partial charge in [-0.25, -0.2) is 0 Å². The third-order valence-corrected chi connectivity index (χ3v) is 7.47. The highest BCUT2D eigenvalue weighted by Crippen LogP contribution is 2.40. The molecule has 3 aliphatic heterocycles. The van der Waals surface area contributed by atoms with Crippen LogP contribution in [0, 0.1) is 13.8 Å². The van der Waals surface area contributed by atoms with E-state index in [0.29, 0.717) is 54.8 Å². The first-order valence-corrected chi connectivity index (χ1v) is 12.1. The van der Waals surface area contributed by atoms with Crippen molar-refractivity contribution in [3.8, 4) is 5.75 Å². The number of nitrogens with zero attached hydrogens (tertiary/aromatic N) is 2. The second-order valence-corrected chi connectivity index (χ2v) is 11.0. The topological polar surface area (TPSA) is 84.0 Å². The Kier molecular flexibility index (Phi) is 5.16. The Bertz CT molecular complexity index is 1300. The van der Waals surface area contributed by atoms with E-state index >= 15 is 0 Å². The molecule has 1 fully saturated rings. The Morgan fingerprint density at radius 3 is 2.17 bits per heavy atom. The summed E-state index contributed by atoms with van der Waals surface area (Å²) in [6, 6.07) is 8.56. The minimum Gasteiger partial charge on any atom is -0.486 e. The number of imide groups is 1. The maximum Gasteiger partial charge on any atom is 0.262 e. The van der Waals surface area contributed by atoms with Gasteiger partial charge in [0.25, 0.3) is 17.7 Å². The molecule has 182 valence electrons. The van der Waals surface area contributed by atoms with Crippen LogP contribution in [-0.2, 0) is 0 Å². The first kappa shape index (κ1) is 23.3. The number of ether oxygens (including phenoxy) is 1. The van der Waals surface area contributed by atoms with Crippen LogP contribution in [0.4, 0.5) is 0 Å². The minimum atomic E-state index is -0.647. The fourth-order valence-corrected chi connectivity index (χ4v) is 5.31. The van der Waals surface area contributed by atoms with Crippen molar-refractivity contribution >= 4 is 23.5 Å². The molecule has 7 nitrogen and oxygen atoms in total. The first-order valence-electron chi connectivity index (χ1n) is 12.1. The SMILES string of the molecule is Cc1cc2c(cc1C)C(=O)CC1(CCN(C(=O)c3ccc4c(c3)C(=O)N(C(C)(C)C)C4=O)CC1)O2. The molecule has 1 spiro atoms. The van der Waals surface area contributed by atoms with Crippen LogP contribution in [0.3, 0.4) is 0 Å². The van der Waals surface area contributed by atoms with Crippen molar-refractivity contribution in [3.05, 3.63) is 63.7 Å². The van der Waals surface area contributed by atoms with Gasteiger partial charge in [0.2, 0.25) is 0 Å². The van der Waals surface area contributed by atoms with Crippen molar-refractivity contribution in [2.24, 2.45) is 0 Å². The van der Waals surface area contributed by atoms with Gasteiger partial charge in [-0.15, -0.1) is 0 Å². The van der Waals surface area contributed by atoms with Gasteiger partial charge in [0.15, 0.2) is 5.78 Å². The second-order valence-electron chi connectivity index (χ2n) is 11.0. The molecule has 3 amide bonds. The summed E-state index contributed by atoms with van der Waals surface area (Å²) in [4.78, 5) is 54.8. The minimum absolute atomic E-state index is 0.0827. The molecule has 0 radical (unpaired) electrons. The van der Waals surface area contributed by atoms with E-state index < -0.39 is 11.1 Å². The van der Waals surface area contributed by atoms with Crippen molar-refractivity contribution in [3.63, 3.8) is 0 Å². The molecule has 0 atom stereocenters. The highest BCUT2D eigenvalue weighted by molar-refractivity contribution is 6.22. The zero-order valence-corrected chi connectivity index (χ0v) is 20.9. The molecule has 7 heteroatoms. The Labute approximate surface area is 205 Å². The highest BCUT2D eigenvalue weighted by atomic mass is 16.5. The number of ketones is 1. The summed E-state index contributed by atoms with van der Waals surface area (Å²) in [5.41, 5.74) is 2.52. The molecule has 35 heavy (non-hydrogen) atoms. The van der Waals surface area contributed by atoms with Crippen molar-refractivity contribution in [1.82, 2.24) is 9.80 Å². The lowest BCUT2D eigenvalue weighted by Gasteiger charge is -2.44. The molecule has 2 aromatic carbocycles. The van der Waals surface area contributed by atoms with Crippen molar-refractivity contribution in [2.75, 3.05) is 13.1 Å². The molecule has 3 heterocycles. The molecule has 2 aromatic rings. The number of carbonyl (C=O) groups is 4. The molecule has 5 rings (SSSR count). The number of hydrogen-bond donors (Lipinski definition) is 0. The first-order chi connectivity index (χ1) is 16.4. The zero-order valence-electron chi connectivity index (χ0n) is 20.9. The van der Waals surface area contributed by atoms with Crippen LogP contribution >= 0.6 is 0 Å². The average Bonchev–Trinajstić information content (AvgIpc) is 3.05. The monoisotopic (exact) mass is 474 g/mol. The van der Waals surface area contributed by atoms with E-state index in [1.807, 2.05) is 46.8 Å². The van der Waals surface area contributed by atoms with E-state index in [1.54, 1.807) is 17.0 Å². The van der Waals surface area contributed by atoms with Crippen molar-refractivity contribution in [2.45, 2.75) is 65.0 Å². The molecule has 0 saturated carbocycles. The maximum absolute atomic E-state index is 13.3. The van der Waals surface area contributed by atoms with E-state index in [-0.39, 0.29) is 29.1 Å². The lowest BCUT2D eigenvalue weighted by atomic mass is 9.81. The number of amides is 3. The van der Waals surface area contributed by atoms with Gasteiger partial charge in [-0.2, -0.15) is 0 Å². The van der Waals surface area contributed by atoms with Crippen LogP contribution in [0.5, 0.6) is 5.75 Å². The third-order valence-electron chi connectivity index (χ3n) is 7.47. The molecule has 1 saturated heterocycles. The zero-order chi connectivity index (χ0) is 25.3. The lowest BCUT2D eigenvalue weighted by Crippen LogP contribution is -2.52. The predicted octanol–water partition coefficient (Wildman–Crippen LogP) is 4.34. The van der Waals surface area contributed by atoms with Crippen LogP contribution in [-0.4, -0.2) is 57.5 Å². The number of benzene rings is 2. The highest BCUT2D eigenvalue weighted by Gasteiger charge is 2.45. The Balaban J connectivity index is 1.32. The van der Waals surface area contributed by atoms with E-state index in [4.69, 9.17) is 4.74 Å². The van der Waals surface area contributed by atoms with Gasteiger partial charge in [-0.05, 0) is 76.1 Å². The molecular weight excluding hydrogens is 444 g/mol. The standard InChI is InChI=1S/C28H30N2O5/c1-16-12-21-22(31)15-28(35-23(21)13-17(16)2)8-10-29(11-9-28)24(32)18-6-7-19-20(14-18)26(34)30(25(19)33)27(3,4)5/h6-7,12-14H,8-11,15H2,1-5H3. The molecule has 3 aliphatic rings. The summed E-state index contributed by atoms with van der Waals surface area (Å²) in [5.74, 6) is -0.177. The number of piperidine rings is 1. The van der Waals surface area contributed by atoms with Crippen LogP contribution in [0.25, 0.3) is 0 Å². The predicted molar refractivity (Wildman–Crippen MR) is 130 cm³/mol. The second kappa shape index (κ2) is 7.77. The summed E-state index contributed by atoms with van der Waals surface area (Å²) in [5, 5.41) is 0. The normalized spacial score (nSPS) is 19.1. The van der Waals surface area contributed by atoms with Crippen molar-refractivity contribution in [1.29, 1.82) is 0 Å². The molecule has 0 aliphatic carbocycles. The molecule has 0 aromatic heterocycles. The largest absolute Gasteiger partial charge is 0.486 e. The van der Waals surface area contributed by atoms with Crippen LogP contribution in [0.2, 0.25) is 0 Å². The number of carbonyl (C=O) groups excluding carboxylic acids is 4. The number of rotatable bonds is 1. The Hall–Kier alpha value is -3.48. The quantitative estimate of drug-likeness (QED) is 0.574. The lowest BCUT2D eigenvalue weighted by molar-refractivity contribution is -0.00578. The smallest absolute Gasteiger partial charge is 0.262 e. The van der Waals surface area contributed by atoms with Gasteiger partial charge in [0, 0.05) is 37.0 Å². The fourth-order valence-electron chi connectivity index (χ4n) is 5.31. The molecule has 0 unspecified atom stereocenters. The van der Waals surface area contributed by atoms with Gasteiger partial charge in [0.05, 0.1) is 23.1 Å². The Morgan fingerprint density at radius 2 is 1.51 bits per heavy atom. The van der Waals surface area contributed by atoms with Crippen molar-refractivity contribution < 1.29 is 23.9 Å². The fraction of sp³-hybridized carbons (Fsp3) is 0.429. The summed E-state index contributed by atoms with van der Waals surface area (Å²) in [7, 11) is 0. The van der Waals surface area contributed by atoms with E-state index in [9.17, 15) is 19.2 Å². The van der Waals surface area contributed by atoms with Gasteiger partial charge < -0.3 is 9.64 Å². The molecule has 0 bridgehead atoms. The number of aryl methyl sites for hydroxylation is 2. The summed E-state index contributed by atoms with van der Waals surface area (Å²) in [6.45, 7) is 10.3. The summed E-state index contributed by atoms with van der Waals surface area (Å²) < 4.78 is 6.38. The van der Waals surface area contributed by atoms with Gasteiger partial charge in [-0.3, -0.25) is 24.1 Å². The number of Topliss-reactive ketones (excluding diaryl/α,β-unsaturated/α-hetero) is 1. The summed E-state index contributed by atoms with van der Waals surface area (Å²) in [6.07, 6.45) is 1.41. The molecular formula is C28H30N2O5. The average molecular weight is 475 g/mol. The van der Waals surface area contributed by atoms with Crippen LogP contribution < -0.4 is 4.74 Å². The van der Waals surface area contributed by atoms with E-state index in [1.165, 1.54) is 11.0 Å². The van der Waals surface area contributed by atoms with E-state index in [0.717, 1.165) is 11.1 Å². The van der Waals surface area contributed by atoms with Gasteiger partial charge >= 0.3 is 0 Å². The number of fused-ring (bicyclic) bond motifs is 2. The Morgan fingerprint density at radius 1 is 0.886 bits per heavy atom. The number of hydrogen-bond acceptors (Lipinski definition) is 5. The summed E-state index contributed by atoms with van der Waals surface area (Å²) >= 11 is 0. The van der Waals surface area contributed by atoms with Crippen LogP contribution in [0.15, 0.2) is 30.3 Å². The maximum atomic E-state index is 13.3.